The van der Waals surface area contributed by atoms with Crippen LogP contribution in [0, 0.1) is 11.7 Å². The molecule has 0 radical (unpaired) electrons. The predicted molar refractivity (Wildman–Crippen MR) is 81.9 cm³/mol. The van der Waals surface area contributed by atoms with Crippen molar-refractivity contribution in [3.8, 4) is 0 Å². The molecule has 1 fully saturated rings. The lowest BCUT2D eigenvalue weighted by atomic mass is 9.94. The predicted octanol–water partition coefficient (Wildman–Crippen LogP) is 2.62. The van der Waals surface area contributed by atoms with Crippen molar-refractivity contribution in [1.29, 1.82) is 0 Å². The van der Waals surface area contributed by atoms with Crippen LogP contribution in [0.15, 0.2) is 24.3 Å². The fourth-order valence-electron chi connectivity index (χ4n) is 2.71. The van der Waals surface area contributed by atoms with Gasteiger partial charge in [-0.3, -0.25) is 4.79 Å². The summed E-state index contributed by atoms with van der Waals surface area (Å²) in [7, 11) is 1.54. The Bertz CT molecular complexity index is 455. The van der Waals surface area contributed by atoms with Crippen LogP contribution in [0.4, 0.5) is 4.39 Å². The molecule has 0 aromatic heterocycles. The second kappa shape index (κ2) is 8.86. The van der Waals surface area contributed by atoms with Gasteiger partial charge in [0.15, 0.2) is 0 Å². The average Bonchev–Trinajstić information content (AvgIpc) is 2.54. The Labute approximate surface area is 131 Å². The minimum absolute atomic E-state index is 0.0773. The van der Waals surface area contributed by atoms with E-state index < -0.39 is 0 Å². The van der Waals surface area contributed by atoms with E-state index in [1.54, 1.807) is 19.2 Å². The van der Waals surface area contributed by atoms with Gasteiger partial charge in [-0.1, -0.05) is 12.1 Å². The number of nitrogens with zero attached hydrogens (tertiary/aromatic N) is 1. The van der Waals surface area contributed by atoms with Gasteiger partial charge in [0, 0.05) is 26.8 Å². The molecule has 0 unspecified atom stereocenters. The lowest BCUT2D eigenvalue weighted by molar-refractivity contribution is -0.136. The Morgan fingerprint density at radius 3 is 2.59 bits per heavy atom. The van der Waals surface area contributed by atoms with Gasteiger partial charge in [-0.25, -0.2) is 4.39 Å². The van der Waals surface area contributed by atoms with E-state index in [4.69, 9.17) is 9.47 Å². The first kappa shape index (κ1) is 16.9. The maximum Gasteiger partial charge on any atom is 0.248 e. The molecule has 0 saturated carbocycles. The van der Waals surface area contributed by atoms with E-state index in [-0.39, 0.29) is 18.3 Å². The normalized spacial score (nSPS) is 16.0. The molecule has 0 aliphatic carbocycles. The van der Waals surface area contributed by atoms with E-state index in [1.165, 1.54) is 12.1 Å². The first-order chi connectivity index (χ1) is 10.7. The fourth-order valence-corrected chi connectivity index (χ4v) is 2.71. The van der Waals surface area contributed by atoms with Crippen LogP contribution in [0.2, 0.25) is 0 Å². The lowest BCUT2D eigenvalue weighted by Crippen LogP contribution is -2.40. The third kappa shape index (κ3) is 5.39. The summed E-state index contributed by atoms with van der Waals surface area (Å²) in [4.78, 5) is 13.6. The molecule has 1 heterocycles. The number of piperidine rings is 1. The highest BCUT2D eigenvalue weighted by Crippen LogP contribution is 2.20. The molecule has 0 N–H and O–H groups in total. The van der Waals surface area contributed by atoms with Crippen LogP contribution < -0.4 is 0 Å². The Kier molecular flexibility index (Phi) is 6.80. The number of likely N-dealkylation sites (tertiary alicyclic amines) is 1. The smallest absolute Gasteiger partial charge is 0.248 e. The molecule has 22 heavy (non-hydrogen) atoms. The topological polar surface area (TPSA) is 38.8 Å². The van der Waals surface area contributed by atoms with Gasteiger partial charge in [0.05, 0.1) is 6.61 Å². The maximum absolute atomic E-state index is 12.8. The van der Waals surface area contributed by atoms with E-state index in [0.29, 0.717) is 19.1 Å². The van der Waals surface area contributed by atoms with Crippen LogP contribution in [0.1, 0.15) is 24.8 Å². The summed E-state index contributed by atoms with van der Waals surface area (Å²) in [5, 5.41) is 0. The summed E-state index contributed by atoms with van der Waals surface area (Å²) in [5.74, 6) is 0.465. The van der Waals surface area contributed by atoms with Crippen molar-refractivity contribution in [3.05, 3.63) is 35.6 Å². The first-order valence-electron chi connectivity index (χ1n) is 7.78. The zero-order valence-electron chi connectivity index (χ0n) is 13.1. The molecule has 4 nitrogen and oxygen atoms in total. The second-order valence-electron chi connectivity index (χ2n) is 5.72. The Morgan fingerprint density at radius 2 is 1.95 bits per heavy atom. The highest BCUT2D eigenvalue weighted by Gasteiger charge is 2.22. The maximum atomic E-state index is 12.8. The molecule has 1 aromatic carbocycles. The van der Waals surface area contributed by atoms with E-state index in [9.17, 15) is 9.18 Å². The molecule has 0 atom stereocenters. The molecular formula is C17H24FNO3. The van der Waals surface area contributed by atoms with Crippen molar-refractivity contribution in [1.82, 2.24) is 4.90 Å². The van der Waals surface area contributed by atoms with E-state index in [2.05, 4.69) is 0 Å². The molecule has 122 valence electrons. The summed E-state index contributed by atoms with van der Waals surface area (Å²) < 4.78 is 23.3. The average molecular weight is 309 g/mol. The van der Waals surface area contributed by atoms with Crippen molar-refractivity contribution in [2.45, 2.75) is 25.9 Å². The van der Waals surface area contributed by atoms with Gasteiger partial charge in [0.2, 0.25) is 5.91 Å². The van der Waals surface area contributed by atoms with Gasteiger partial charge in [-0.2, -0.15) is 0 Å². The number of ether oxygens (including phenoxy) is 2. The lowest BCUT2D eigenvalue weighted by Gasteiger charge is -2.31. The quantitative estimate of drug-likeness (QED) is 0.727. The number of rotatable bonds is 7. The largest absolute Gasteiger partial charge is 0.377 e. The Balaban J connectivity index is 1.59. The summed E-state index contributed by atoms with van der Waals surface area (Å²) in [6.45, 7) is 3.01. The molecule has 2 rings (SSSR count). The van der Waals surface area contributed by atoms with Gasteiger partial charge >= 0.3 is 0 Å². The highest BCUT2D eigenvalue weighted by molar-refractivity contribution is 5.77. The number of hydrogen-bond acceptors (Lipinski definition) is 3. The van der Waals surface area contributed by atoms with Gasteiger partial charge in [-0.15, -0.1) is 0 Å². The van der Waals surface area contributed by atoms with E-state index in [1.807, 2.05) is 4.90 Å². The number of halogens is 1. The minimum atomic E-state index is -0.224. The summed E-state index contributed by atoms with van der Waals surface area (Å²) >= 11 is 0. The number of carbonyl (C=O) groups excluding carboxylic acids is 1. The van der Waals surface area contributed by atoms with Crippen molar-refractivity contribution in [3.63, 3.8) is 0 Å². The molecule has 0 spiro atoms. The Morgan fingerprint density at radius 1 is 1.27 bits per heavy atom. The fraction of sp³-hybridized carbons (Fsp3) is 0.588. The van der Waals surface area contributed by atoms with Crippen LogP contribution in [-0.2, 0) is 20.9 Å². The monoisotopic (exact) mass is 309 g/mol. The first-order valence-corrected chi connectivity index (χ1v) is 7.78. The Hall–Kier alpha value is -1.46. The summed E-state index contributed by atoms with van der Waals surface area (Å²) in [6.07, 6.45) is 3.05. The zero-order valence-corrected chi connectivity index (χ0v) is 13.1. The van der Waals surface area contributed by atoms with Crippen LogP contribution in [0.5, 0.6) is 0 Å². The molecule has 1 aliphatic heterocycles. The van der Waals surface area contributed by atoms with Crippen LogP contribution in [-0.4, -0.2) is 44.2 Å². The van der Waals surface area contributed by atoms with Crippen LogP contribution in [0.25, 0.3) is 0 Å². The SMILES string of the molecule is COCC(=O)N1CCC(CCOCc2ccc(F)cc2)CC1. The number of methoxy groups -OCH3 is 1. The van der Waals surface area contributed by atoms with Gasteiger partial charge < -0.3 is 14.4 Å². The third-order valence-electron chi connectivity index (χ3n) is 4.09. The molecule has 1 saturated heterocycles. The van der Waals surface area contributed by atoms with Crippen molar-refractivity contribution in [2.24, 2.45) is 5.92 Å². The van der Waals surface area contributed by atoms with Crippen LogP contribution in [0.3, 0.4) is 0 Å². The zero-order chi connectivity index (χ0) is 15.8. The minimum Gasteiger partial charge on any atom is -0.377 e. The van der Waals surface area contributed by atoms with E-state index >= 15 is 0 Å². The number of benzene rings is 1. The summed E-state index contributed by atoms with van der Waals surface area (Å²) in [6, 6.07) is 6.39. The molecule has 5 heteroatoms. The molecular weight excluding hydrogens is 285 g/mol. The van der Waals surface area contributed by atoms with Crippen molar-refractivity contribution in [2.75, 3.05) is 33.4 Å². The second-order valence-corrected chi connectivity index (χ2v) is 5.72. The highest BCUT2D eigenvalue weighted by atomic mass is 19.1. The van der Waals surface area contributed by atoms with Crippen molar-refractivity contribution >= 4 is 5.91 Å². The van der Waals surface area contributed by atoms with Gasteiger partial charge in [0.25, 0.3) is 0 Å². The van der Waals surface area contributed by atoms with Crippen molar-refractivity contribution < 1.29 is 18.7 Å². The molecule has 1 aliphatic rings. The molecule has 0 bridgehead atoms. The third-order valence-corrected chi connectivity index (χ3v) is 4.09. The standard InChI is InChI=1S/C17H24FNO3/c1-21-13-17(20)19-9-6-14(7-10-19)8-11-22-12-15-2-4-16(18)5-3-15/h2-5,14H,6-13H2,1H3. The summed E-state index contributed by atoms with van der Waals surface area (Å²) in [5.41, 5.74) is 0.987. The number of carbonyl (C=O) groups is 1. The van der Waals surface area contributed by atoms with Crippen LogP contribution >= 0.6 is 0 Å². The van der Waals surface area contributed by atoms with Gasteiger partial charge in [-0.05, 0) is 42.9 Å². The number of amides is 1. The van der Waals surface area contributed by atoms with Gasteiger partial charge in [0.1, 0.15) is 12.4 Å². The number of hydrogen-bond donors (Lipinski definition) is 0. The van der Waals surface area contributed by atoms with E-state index in [0.717, 1.165) is 37.9 Å². The molecule has 1 amide bonds. The molecule has 1 aromatic rings.